The molecule has 1 aliphatic rings. The third-order valence-electron chi connectivity index (χ3n) is 3.28. The lowest BCUT2D eigenvalue weighted by atomic mass is 10.1. The highest BCUT2D eigenvalue weighted by Gasteiger charge is 2.16. The van der Waals surface area contributed by atoms with Gasteiger partial charge in [-0.05, 0) is 18.9 Å². The van der Waals surface area contributed by atoms with Crippen molar-refractivity contribution in [1.82, 2.24) is 0 Å². The number of nitro benzene ring substituents is 1. The van der Waals surface area contributed by atoms with Crippen LogP contribution in [0.2, 0.25) is 0 Å². The molecular weight excluding hydrogens is 232 g/mol. The lowest BCUT2D eigenvalue weighted by Crippen LogP contribution is -2.14. The summed E-state index contributed by atoms with van der Waals surface area (Å²) in [5.74, 6) is 0.509. The van der Waals surface area contributed by atoms with Crippen molar-refractivity contribution in [3.8, 4) is 0 Å². The maximum absolute atomic E-state index is 11.0. The molecule has 1 saturated heterocycles. The molecule has 0 radical (unpaired) electrons. The maximum atomic E-state index is 11.0. The van der Waals surface area contributed by atoms with Gasteiger partial charge in [-0.1, -0.05) is 13.0 Å². The first-order valence-electron chi connectivity index (χ1n) is 6.29. The van der Waals surface area contributed by atoms with Crippen LogP contribution in [-0.4, -0.2) is 24.7 Å². The monoisotopic (exact) mass is 250 g/mol. The van der Waals surface area contributed by atoms with Gasteiger partial charge >= 0.3 is 0 Å². The molecule has 1 N–H and O–H groups in total. The Morgan fingerprint density at radius 2 is 2.39 bits per heavy atom. The molecule has 5 heteroatoms. The molecule has 1 aliphatic heterocycles. The summed E-state index contributed by atoms with van der Waals surface area (Å²) in [6.07, 6.45) is 1.73. The summed E-state index contributed by atoms with van der Waals surface area (Å²) < 4.78 is 5.30. The van der Waals surface area contributed by atoms with E-state index in [-0.39, 0.29) is 10.6 Å². The predicted molar refractivity (Wildman–Crippen MR) is 69.9 cm³/mol. The van der Waals surface area contributed by atoms with Crippen LogP contribution in [0.1, 0.15) is 18.9 Å². The number of rotatable bonds is 5. The molecule has 0 saturated carbocycles. The van der Waals surface area contributed by atoms with Crippen molar-refractivity contribution in [1.29, 1.82) is 0 Å². The Labute approximate surface area is 106 Å². The minimum atomic E-state index is -0.317. The largest absolute Gasteiger partial charge is 0.384 e. The van der Waals surface area contributed by atoms with Crippen LogP contribution in [0.25, 0.3) is 0 Å². The lowest BCUT2D eigenvalue weighted by Gasteiger charge is -2.11. The standard InChI is InChI=1S/C13H18N2O3/c1-2-11-3-4-12(7-13(11)15(16)17)14-8-10-5-6-18-9-10/h3-4,7,10,14H,2,5-6,8-9H2,1H3. The highest BCUT2D eigenvalue weighted by Crippen LogP contribution is 2.24. The van der Waals surface area contributed by atoms with E-state index in [0.29, 0.717) is 12.3 Å². The number of hydrogen-bond donors (Lipinski definition) is 1. The SMILES string of the molecule is CCc1ccc(NCC2CCOC2)cc1[N+](=O)[O-]. The lowest BCUT2D eigenvalue weighted by molar-refractivity contribution is -0.385. The molecule has 0 aromatic heterocycles. The molecule has 1 aromatic carbocycles. The Hall–Kier alpha value is -1.62. The summed E-state index contributed by atoms with van der Waals surface area (Å²) in [5.41, 5.74) is 1.78. The Kier molecular flexibility index (Phi) is 4.15. The van der Waals surface area contributed by atoms with E-state index in [1.807, 2.05) is 19.1 Å². The van der Waals surface area contributed by atoms with Crippen molar-refractivity contribution in [2.75, 3.05) is 25.1 Å². The van der Waals surface area contributed by atoms with Gasteiger partial charge in [0.25, 0.3) is 5.69 Å². The van der Waals surface area contributed by atoms with E-state index >= 15 is 0 Å². The van der Waals surface area contributed by atoms with Crippen LogP contribution in [0, 0.1) is 16.0 Å². The summed E-state index contributed by atoms with van der Waals surface area (Å²) in [5, 5.41) is 14.2. The second-order valence-corrected chi connectivity index (χ2v) is 4.56. The van der Waals surface area contributed by atoms with Crippen molar-refractivity contribution in [3.63, 3.8) is 0 Å². The van der Waals surface area contributed by atoms with Gasteiger partial charge in [-0.25, -0.2) is 0 Å². The Morgan fingerprint density at radius 1 is 1.56 bits per heavy atom. The van der Waals surface area contributed by atoms with Crippen LogP contribution in [0.15, 0.2) is 18.2 Å². The van der Waals surface area contributed by atoms with Crippen molar-refractivity contribution in [2.24, 2.45) is 5.92 Å². The highest BCUT2D eigenvalue weighted by molar-refractivity contribution is 5.55. The molecule has 1 unspecified atom stereocenters. The third kappa shape index (κ3) is 2.98. The number of nitro groups is 1. The Morgan fingerprint density at radius 3 is 3.00 bits per heavy atom. The van der Waals surface area contributed by atoms with E-state index in [1.54, 1.807) is 6.07 Å². The van der Waals surface area contributed by atoms with Gasteiger partial charge in [0, 0.05) is 36.4 Å². The van der Waals surface area contributed by atoms with E-state index in [0.717, 1.165) is 37.4 Å². The van der Waals surface area contributed by atoms with Gasteiger partial charge in [0.05, 0.1) is 11.5 Å². The molecule has 0 spiro atoms. The summed E-state index contributed by atoms with van der Waals surface area (Å²) in [6.45, 7) is 4.33. The average molecular weight is 250 g/mol. The molecule has 1 fully saturated rings. The second kappa shape index (κ2) is 5.82. The summed E-state index contributed by atoms with van der Waals surface area (Å²) >= 11 is 0. The average Bonchev–Trinajstić information content (AvgIpc) is 2.89. The molecular formula is C13H18N2O3. The van der Waals surface area contributed by atoms with Crippen molar-refractivity contribution in [2.45, 2.75) is 19.8 Å². The number of nitrogens with one attached hydrogen (secondary N) is 1. The maximum Gasteiger partial charge on any atom is 0.274 e. The normalized spacial score (nSPS) is 18.8. The Balaban J connectivity index is 2.04. The fourth-order valence-electron chi connectivity index (χ4n) is 2.15. The predicted octanol–water partition coefficient (Wildman–Crippen LogP) is 2.61. The van der Waals surface area contributed by atoms with Gasteiger partial charge in [-0.15, -0.1) is 0 Å². The van der Waals surface area contributed by atoms with E-state index in [9.17, 15) is 10.1 Å². The van der Waals surface area contributed by atoms with Crippen LogP contribution in [0.3, 0.4) is 0 Å². The number of nitrogens with zero attached hydrogens (tertiary/aromatic N) is 1. The minimum Gasteiger partial charge on any atom is -0.384 e. The molecule has 1 aromatic rings. The molecule has 98 valence electrons. The number of anilines is 1. The fraction of sp³-hybridized carbons (Fsp3) is 0.538. The van der Waals surface area contributed by atoms with Gasteiger partial charge < -0.3 is 10.1 Å². The molecule has 1 atom stereocenters. The van der Waals surface area contributed by atoms with Crippen molar-refractivity contribution < 1.29 is 9.66 Å². The molecule has 2 rings (SSSR count). The zero-order valence-corrected chi connectivity index (χ0v) is 10.5. The number of benzene rings is 1. The van der Waals surface area contributed by atoms with Gasteiger partial charge in [0.2, 0.25) is 0 Å². The molecule has 5 nitrogen and oxygen atoms in total. The van der Waals surface area contributed by atoms with Crippen molar-refractivity contribution in [3.05, 3.63) is 33.9 Å². The van der Waals surface area contributed by atoms with Gasteiger partial charge in [-0.3, -0.25) is 10.1 Å². The first-order valence-corrected chi connectivity index (χ1v) is 6.29. The van der Waals surface area contributed by atoms with Crippen LogP contribution < -0.4 is 5.32 Å². The Bertz CT molecular complexity index is 428. The summed E-state index contributed by atoms with van der Waals surface area (Å²) in [7, 11) is 0. The topological polar surface area (TPSA) is 64.4 Å². The van der Waals surface area contributed by atoms with Crippen molar-refractivity contribution >= 4 is 11.4 Å². The first kappa shape index (κ1) is 12.8. The quantitative estimate of drug-likeness (QED) is 0.644. The number of ether oxygens (including phenoxy) is 1. The molecule has 0 amide bonds. The van der Waals surface area contributed by atoms with Crippen LogP contribution in [0.5, 0.6) is 0 Å². The zero-order chi connectivity index (χ0) is 13.0. The summed E-state index contributed by atoms with van der Waals surface area (Å²) in [6, 6.07) is 5.35. The van der Waals surface area contributed by atoms with E-state index in [2.05, 4.69) is 5.32 Å². The molecule has 1 heterocycles. The minimum absolute atomic E-state index is 0.199. The number of aryl methyl sites for hydroxylation is 1. The second-order valence-electron chi connectivity index (χ2n) is 4.56. The first-order chi connectivity index (χ1) is 8.70. The van der Waals surface area contributed by atoms with Crippen LogP contribution >= 0.6 is 0 Å². The van der Waals surface area contributed by atoms with E-state index in [4.69, 9.17) is 4.74 Å². The smallest absolute Gasteiger partial charge is 0.274 e. The highest BCUT2D eigenvalue weighted by atomic mass is 16.6. The van der Waals surface area contributed by atoms with E-state index in [1.165, 1.54) is 0 Å². The van der Waals surface area contributed by atoms with Crippen LogP contribution in [-0.2, 0) is 11.2 Å². The van der Waals surface area contributed by atoms with Crippen LogP contribution in [0.4, 0.5) is 11.4 Å². The molecule has 0 aliphatic carbocycles. The zero-order valence-electron chi connectivity index (χ0n) is 10.5. The summed E-state index contributed by atoms with van der Waals surface area (Å²) in [4.78, 5) is 10.6. The number of hydrogen-bond acceptors (Lipinski definition) is 4. The molecule has 18 heavy (non-hydrogen) atoms. The van der Waals surface area contributed by atoms with E-state index < -0.39 is 0 Å². The third-order valence-corrected chi connectivity index (χ3v) is 3.28. The fourth-order valence-corrected chi connectivity index (χ4v) is 2.15. The van der Waals surface area contributed by atoms with Gasteiger partial charge in [0.15, 0.2) is 0 Å². The van der Waals surface area contributed by atoms with Gasteiger partial charge in [0.1, 0.15) is 0 Å². The molecule has 0 bridgehead atoms. The van der Waals surface area contributed by atoms with Gasteiger partial charge in [-0.2, -0.15) is 0 Å².